The van der Waals surface area contributed by atoms with Crippen LogP contribution in [0.3, 0.4) is 0 Å². The van der Waals surface area contributed by atoms with Crippen LogP contribution in [-0.2, 0) is 4.79 Å². The maximum Gasteiger partial charge on any atom is 0.224 e. The summed E-state index contributed by atoms with van der Waals surface area (Å²) in [6.07, 6.45) is 8.27. The molecule has 2 rings (SSSR count). The average Bonchev–Trinajstić information content (AvgIpc) is 2.62. The predicted octanol–water partition coefficient (Wildman–Crippen LogP) is 1.67. The number of aliphatic hydroxyl groups is 1. The van der Waals surface area contributed by atoms with E-state index in [1.807, 2.05) is 11.8 Å². The summed E-state index contributed by atoms with van der Waals surface area (Å²) in [5.41, 5.74) is -0.500. The molecule has 2 N–H and O–H groups in total. The van der Waals surface area contributed by atoms with Gasteiger partial charge in [-0.05, 0) is 39.0 Å². The molecule has 1 saturated carbocycles. The standard InChI is InChI=1S/C15H28N2O2/c1-13(16-12-15(19)7-6-8-15)11-14(18)17-9-4-2-3-5-10-17/h13,16,19H,2-12H2,1H3. The van der Waals surface area contributed by atoms with E-state index in [-0.39, 0.29) is 11.9 Å². The molecule has 1 saturated heterocycles. The SMILES string of the molecule is CC(CC(=O)N1CCCCCC1)NCC1(O)CCC1. The molecule has 0 aromatic carbocycles. The molecule has 0 aromatic rings. The molecule has 110 valence electrons. The third kappa shape index (κ3) is 4.46. The van der Waals surface area contributed by atoms with Gasteiger partial charge in [-0.3, -0.25) is 4.79 Å². The van der Waals surface area contributed by atoms with Crippen LogP contribution in [0.1, 0.15) is 58.3 Å². The Morgan fingerprint density at radius 2 is 1.84 bits per heavy atom. The number of likely N-dealkylation sites (tertiary alicyclic amines) is 1. The minimum absolute atomic E-state index is 0.153. The lowest BCUT2D eigenvalue weighted by Crippen LogP contribution is -2.49. The number of carbonyl (C=O) groups is 1. The van der Waals surface area contributed by atoms with E-state index in [1.54, 1.807) is 0 Å². The zero-order valence-electron chi connectivity index (χ0n) is 12.2. The van der Waals surface area contributed by atoms with Crippen molar-refractivity contribution in [2.24, 2.45) is 0 Å². The quantitative estimate of drug-likeness (QED) is 0.797. The van der Waals surface area contributed by atoms with E-state index in [1.165, 1.54) is 12.8 Å². The highest BCUT2D eigenvalue weighted by molar-refractivity contribution is 5.76. The Kier molecular flexibility index (Phi) is 5.22. The Hall–Kier alpha value is -0.610. The van der Waals surface area contributed by atoms with E-state index in [4.69, 9.17) is 0 Å². The highest BCUT2D eigenvalue weighted by Gasteiger charge is 2.34. The summed E-state index contributed by atoms with van der Waals surface area (Å²) in [5.74, 6) is 0.266. The second kappa shape index (κ2) is 6.71. The molecule has 1 unspecified atom stereocenters. The summed E-state index contributed by atoms with van der Waals surface area (Å²) in [5, 5.41) is 13.3. The number of nitrogens with zero attached hydrogens (tertiary/aromatic N) is 1. The van der Waals surface area contributed by atoms with Crippen molar-refractivity contribution in [2.45, 2.75) is 69.9 Å². The largest absolute Gasteiger partial charge is 0.389 e. The van der Waals surface area contributed by atoms with Gasteiger partial charge in [0.15, 0.2) is 0 Å². The maximum atomic E-state index is 12.2. The zero-order valence-corrected chi connectivity index (χ0v) is 12.2. The first kappa shape index (κ1) is 14.8. The molecule has 1 amide bonds. The molecule has 4 heteroatoms. The van der Waals surface area contributed by atoms with Crippen LogP contribution in [0.4, 0.5) is 0 Å². The first-order chi connectivity index (χ1) is 9.09. The smallest absolute Gasteiger partial charge is 0.224 e. The lowest BCUT2D eigenvalue weighted by molar-refractivity contribution is -0.131. The predicted molar refractivity (Wildman–Crippen MR) is 75.9 cm³/mol. The van der Waals surface area contributed by atoms with Crippen LogP contribution in [0.25, 0.3) is 0 Å². The molecule has 1 aliphatic carbocycles. The van der Waals surface area contributed by atoms with Gasteiger partial charge in [0.2, 0.25) is 5.91 Å². The Morgan fingerprint density at radius 1 is 1.21 bits per heavy atom. The number of carbonyl (C=O) groups excluding carboxylic acids is 1. The van der Waals surface area contributed by atoms with Gasteiger partial charge in [-0.1, -0.05) is 12.8 Å². The minimum atomic E-state index is -0.500. The van der Waals surface area contributed by atoms with Crippen LogP contribution in [0.5, 0.6) is 0 Å². The Balaban J connectivity index is 1.68. The molecule has 4 nitrogen and oxygen atoms in total. The molecule has 0 aromatic heterocycles. The first-order valence-electron chi connectivity index (χ1n) is 7.83. The highest BCUT2D eigenvalue weighted by Crippen LogP contribution is 2.30. The third-order valence-electron chi connectivity index (χ3n) is 4.50. The van der Waals surface area contributed by atoms with Gasteiger partial charge in [0.1, 0.15) is 0 Å². The molecular weight excluding hydrogens is 240 g/mol. The summed E-state index contributed by atoms with van der Waals surface area (Å²) in [4.78, 5) is 14.2. The number of nitrogens with one attached hydrogen (secondary N) is 1. The Bertz CT molecular complexity index is 295. The second-order valence-electron chi connectivity index (χ2n) is 6.36. The summed E-state index contributed by atoms with van der Waals surface area (Å²) in [7, 11) is 0. The maximum absolute atomic E-state index is 12.2. The lowest BCUT2D eigenvalue weighted by atomic mass is 9.80. The van der Waals surface area contributed by atoms with E-state index < -0.39 is 5.60 Å². The van der Waals surface area contributed by atoms with Gasteiger partial charge in [-0.15, -0.1) is 0 Å². The fraction of sp³-hybridized carbons (Fsp3) is 0.933. The van der Waals surface area contributed by atoms with Gasteiger partial charge < -0.3 is 15.3 Å². The van der Waals surface area contributed by atoms with Crippen LogP contribution < -0.4 is 5.32 Å². The van der Waals surface area contributed by atoms with Gasteiger partial charge in [0.25, 0.3) is 0 Å². The summed E-state index contributed by atoms with van der Waals surface area (Å²) in [6.45, 7) is 4.52. The van der Waals surface area contributed by atoms with Gasteiger partial charge in [-0.2, -0.15) is 0 Å². The zero-order chi connectivity index (χ0) is 13.7. The molecule has 0 radical (unpaired) electrons. The fourth-order valence-electron chi connectivity index (χ4n) is 2.91. The molecule has 0 bridgehead atoms. The topological polar surface area (TPSA) is 52.6 Å². The van der Waals surface area contributed by atoms with E-state index in [0.717, 1.165) is 45.2 Å². The number of hydrogen-bond acceptors (Lipinski definition) is 3. The van der Waals surface area contributed by atoms with Crippen LogP contribution in [0.2, 0.25) is 0 Å². The summed E-state index contributed by atoms with van der Waals surface area (Å²) >= 11 is 0. The highest BCUT2D eigenvalue weighted by atomic mass is 16.3. The van der Waals surface area contributed by atoms with Crippen molar-refractivity contribution in [1.82, 2.24) is 10.2 Å². The fourth-order valence-corrected chi connectivity index (χ4v) is 2.91. The average molecular weight is 268 g/mol. The van der Waals surface area contributed by atoms with Crippen molar-refractivity contribution in [3.8, 4) is 0 Å². The van der Waals surface area contributed by atoms with Crippen molar-refractivity contribution in [2.75, 3.05) is 19.6 Å². The second-order valence-corrected chi connectivity index (χ2v) is 6.36. The number of hydrogen-bond donors (Lipinski definition) is 2. The van der Waals surface area contributed by atoms with Crippen molar-refractivity contribution in [3.63, 3.8) is 0 Å². The molecule has 1 atom stereocenters. The van der Waals surface area contributed by atoms with E-state index in [0.29, 0.717) is 13.0 Å². The van der Waals surface area contributed by atoms with Gasteiger partial charge in [-0.25, -0.2) is 0 Å². The third-order valence-corrected chi connectivity index (χ3v) is 4.50. The first-order valence-corrected chi connectivity index (χ1v) is 7.83. The molecule has 19 heavy (non-hydrogen) atoms. The number of amides is 1. The molecule has 1 aliphatic heterocycles. The van der Waals surface area contributed by atoms with Gasteiger partial charge in [0, 0.05) is 32.1 Å². The van der Waals surface area contributed by atoms with Gasteiger partial charge in [0.05, 0.1) is 5.60 Å². The minimum Gasteiger partial charge on any atom is -0.389 e. The molecular formula is C15H28N2O2. The normalized spacial score (nSPS) is 24.4. The van der Waals surface area contributed by atoms with Crippen LogP contribution >= 0.6 is 0 Å². The van der Waals surface area contributed by atoms with Crippen molar-refractivity contribution in [3.05, 3.63) is 0 Å². The number of rotatable bonds is 5. The Labute approximate surface area is 116 Å². The van der Waals surface area contributed by atoms with Gasteiger partial charge >= 0.3 is 0 Å². The van der Waals surface area contributed by atoms with Crippen molar-refractivity contribution < 1.29 is 9.90 Å². The van der Waals surface area contributed by atoms with Crippen LogP contribution in [-0.4, -0.2) is 47.2 Å². The van der Waals surface area contributed by atoms with Crippen molar-refractivity contribution >= 4 is 5.91 Å². The molecule has 2 fully saturated rings. The molecule has 2 aliphatic rings. The van der Waals surface area contributed by atoms with Crippen molar-refractivity contribution in [1.29, 1.82) is 0 Å². The molecule has 0 spiro atoms. The summed E-state index contributed by atoms with van der Waals surface area (Å²) in [6, 6.07) is 0.153. The monoisotopic (exact) mass is 268 g/mol. The summed E-state index contributed by atoms with van der Waals surface area (Å²) < 4.78 is 0. The molecule has 1 heterocycles. The Morgan fingerprint density at radius 3 is 2.37 bits per heavy atom. The van der Waals surface area contributed by atoms with E-state index in [9.17, 15) is 9.90 Å². The lowest BCUT2D eigenvalue weighted by Gasteiger charge is -2.37. The van der Waals surface area contributed by atoms with Crippen LogP contribution in [0, 0.1) is 0 Å². The van der Waals surface area contributed by atoms with Crippen LogP contribution in [0.15, 0.2) is 0 Å². The van der Waals surface area contributed by atoms with E-state index in [2.05, 4.69) is 5.32 Å². The van der Waals surface area contributed by atoms with E-state index >= 15 is 0 Å².